The Morgan fingerprint density at radius 3 is 2.50 bits per heavy atom. The summed E-state index contributed by atoms with van der Waals surface area (Å²) >= 11 is 0. The lowest BCUT2D eigenvalue weighted by molar-refractivity contribution is -0.782. The quantitative estimate of drug-likeness (QED) is 0.152. The molecule has 0 saturated carbocycles. The van der Waals surface area contributed by atoms with Crippen LogP contribution in [-0.2, 0) is 22.8 Å². The Balaban J connectivity index is 1.28. The first-order valence-electron chi connectivity index (χ1n) is 14.3. The van der Waals surface area contributed by atoms with Crippen molar-refractivity contribution in [2.24, 2.45) is 0 Å². The fourth-order valence-corrected chi connectivity index (χ4v) is 6.63. The molecule has 234 valence electrons. The molecule has 0 radical (unpaired) electrons. The lowest BCUT2D eigenvalue weighted by atomic mass is 9.90. The average molecular weight is 644 g/mol. The van der Waals surface area contributed by atoms with Gasteiger partial charge >= 0.3 is 0 Å². The molecule has 46 heavy (non-hydrogen) atoms. The summed E-state index contributed by atoms with van der Waals surface area (Å²) < 4.78 is 62.3. The van der Waals surface area contributed by atoms with Gasteiger partial charge in [-0.1, -0.05) is 54.6 Å². The summed E-state index contributed by atoms with van der Waals surface area (Å²) in [5, 5.41) is 14.8. The van der Waals surface area contributed by atoms with Crippen molar-refractivity contribution in [1.29, 1.82) is 0 Å². The molecule has 3 aromatic carbocycles. The number of sulfone groups is 1. The maximum absolute atomic E-state index is 14.9. The highest BCUT2D eigenvalue weighted by Crippen LogP contribution is 2.28. The molecule has 0 amide bonds. The molecule has 1 unspecified atom stereocenters. The van der Waals surface area contributed by atoms with Crippen LogP contribution >= 0.6 is 0 Å². The molecule has 6 rings (SSSR count). The van der Waals surface area contributed by atoms with E-state index in [0.717, 1.165) is 16.2 Å². The second-order valence-corrected chi connectivity index (χ2v) is 13.0. The summed E-state index contributed by atoms with van der Waals surface area (Å²) in [6, 6.07) is 22.8. The van der Waals surface area contributed by atoms with Crippen LogP contribution in [0.1, 0.15) is 34.7 Å². The van der Waals surface area contributed by atoms with Crippen molar-refractivity contribution in [2.75, 3.05) is 5.75 Å². The third-order valence-corrected chi connectivity index (χ3v) is 9.19. The normalized spacial score (nSPS) is 12.4. The standard InChI is InChI=1S/C33H27F2N5O5S/c1-21-15-29(26-18-28(35)32(41)39(20-26)19-22-11-12-31-30(16-22)38-45-40(31)42)37-33(36-21)46(43,44)14-13-24(23-7-3-2-4-8-23)17-25-9-5-6-10-27(25)34/h2-12,15-16,18,20,24H,13-14,17,19H2,1H3. The van der Waals surface area contributed by atoms with Gasteiger partial charge in [0, 0.05) is 28.7 Å². The maximum Gasteiger partial charge on any atom is 0.286 e. The van der Waals surface area contributed by atoms with Crippen molar-refractivity contribution in [3.8, 4) is 11.3 Å². The Hall–Kier alpha value is -5.30. The topological polar surface area (TPSA) is 135 Å². The summed E-state index contributed by atoms with van der Waals surface area (Å²) in [5.41, 5.74) is 2.08. The Bertz CT molecular complexity index is 2220. The lowest BCUT2D eigenvalue weighted by Gasteiger charge is -2.18. The molecule has 0 aliphatic rings. The average Bonchev–Trinajstić information content (AvgIpc) is 3.41. The number of aromatic nitrogens is 5. The van der Waals surface area contributed by atoms with E-state index in [1.54, 1.807) is 37.3 Å². The van der Waals surface area contributed by atoms with E-state index < -0.39 is 26.4 Å². The molecule has 0 spiro atoms. The summed E-state index contributed by atoms with van der Waals surface area (Å²) in [7, 11) is -4.04. The second kappa shape index (κ2) is 12.6. The number of pyridine rings is 1. The molecule has 0 saturated heterocycles. The van der Waals surface area contributed by atoms with Crippen molar-refractivity contribution in [1.82, 2.24) is 19.7 Å². The van der Waals surface area contributed by atoms with Gasteiger partial charge in [-0.2, -0.15) is 0 Å². The van der Waals surface area contributed by atoms with Crippen LogP contribution in [0.3, 0.4) is 0 Å². The van der Waals surface area contributed by atoms with Crippen molar-refractivity contribution in [3.05, 3.63) is 141 Å². The maximum atomic E-state index is 14.9. The summed E-state index contributed by atoms with van der Waals surface area (Å²) in [4.78, 5) is 21.4. The molecule has 0 fully saturated rings. The molecule has 13 heteroatoms. The Labute approximate surface area is 262 Å². The SMILES string of the molecule is Cc1cc(-c2cc(F)c(=O)n(Cc3ccc4c(c3)no[n+]4[O-])c2)nc(S(=O)(=O)CCC(Cc2ccccc2F)c2ccccc2)n1. The van der Waals surface area contributed by atoms with Gasteiger partial charge in [0.2, 0.25) is 26.0 Å². The van der Waals surface area contributed by atoms with Gasteiger partial charge in [0.25, 0.3) is 5.56 Å². The molecule has 10 nitrogen and oxygen atoms in total. The highest BCUT2D eigenvalue weighted by atomic mass is 32.2. The summed E-state index contributed by atoms with van der Waals surface area (Å²) in [5.74, 6) is -2.03. The summed E-state index contributed by atoms with van der Waals surface area (Å²) in [6.45, 7) is 1.53. The van der Waals surface area contributed by atoms with Crippen LogP contribution < -0.4 is 10.5 Å². The van der Waals surface area contributed by atoms with E-state index in [9.17, 15) is 27.2 Å². The monoisotopic (exact) mass is 643 g/mol. The Kier molecular flexibility index (Phi) is 8.41. The van der Waals surface area contributed by atoms with Crippen LogP contribution in [0.15, 0.2) is 106 Å². The minimum Gasteiger partial charge on any atom is -0.359 e. The first-order valence-corrected chi connectivity index (χ1v) is 16.0. The number of aryl methyl sites for hydroxylation is 1. The van der Waals surface area contributed by atoms with Crippen molar-refractivity contribution < 1.29 is 26.7 Å². The minimum atomic E-state index is -4.04. The third-order valence-electron chi connectivity index (χ3n) is 7.68. The third kappa shape index (κ3) is 6.54. The Morgan fingerprint density at radius 1 is 0.957 bits per heavy atom. The van der Waals surface area contributed by atoms with Crippen LogP contribution in [0.4, 0.5) is 8.78 Å². The fourth-order valence-electron chi connectivity index (χ4n) is 5.33. The van der Waals surface area contributed by atoms with Crippen LogP contribution in [0.5, 0.6) is 0 Å². The van der Waals surface area contributed by atoms with Gasteiger partial charge in [-0.3, -0.25) is 9.42 Å². The van der Waals surface area contributed by atoms with Crippen LogP contribution in [-0.4, -0.2) is 33.9 Å². The van der Waals surface area contributed by atoms with Crippen LogP contribution in [0.2, 0.25) is 0 Å². The van der Waals surface area contributed by atoms with E-state index in [0.29, 0.717) is 23.2 Å². The largest absolute Gasteiger partial charge is 0.359 e. The molecular weight excluding hydrogens is 616 g/mol. The fraction of sp³-hybridized carbons (Fsp3) is 0.182. The molecule has 3 aromatic heterocycles. The van der Waals surface area contributed by atoms with Gasteiger partial charge in [0.15, 0.2) is 5.82 Å². The van der Waals surface area contributed by atoms with Gasteiger partial charge in [-0.15, -0.1) is 0 Å². The molecule has 1 atom stereocenters. The highest BCUT2D eigenvalue weighted by molar-refractivity contribution is 7.91. The number of hydrogen-bond donors (Lipinski definition) is 0. The molecule has 0 N–H and O–H groups in total. The smallest absolute Gasteiger partial charge is 0.286 e. The molecular formula is C33H27F2N5O5S. The number of rotatable bonds is 10. The molecule has 3 heterocycles. The first-order chi connectivity index (χ1) is 22.1. The molecule has 0 bridgehead atoms. The van der Waals surface area contributed by atoms with E-state index in [2.05, 4.69) is 19.8 Å². The van der Waals surface area contributed by atoms with E-state index in [4.69, 9.17) is 0 Å². The Morgan fingerprint density at radius 2 is 1.72 bits per heavy atom. The predicted octanol–water partition coefficient (Wildman–Crippen LogP) is 4.91. The van der Waals surface area contributed by atoms with Gasteiger partial charge in [0.1, 0.15) is 5.82 Å². The zero-order valence-electron chi connectivity index (χ0n) is 24.5. The van der Waals surface area contributed by atoms with Crippen molar-refractivity contribution >= 4 is 20.9 Å². The number of hydrogen-bond acceptors (Lipinski definition) is 8. The molecule has 0 aliphatic carbocycles. The van der Waals surface area contributed by atoms with Crippen molar-refractivity contribution in [2.45, 2.75) is 37.4 Å². The highest BCUT2D eigenvalue weighted by Gasteiger charge is 2.24. The zero-order valence-corrected chi connectivity index (χ0v) is 25.3. The van der Waals surface area contributed by atoms with Gasteiger partial charge in [-0.25, -0.2) is 27.2 Å². The zero-order chi connectivity index (χ0) is 32.4. The first kappa shape index (κ1) is 30.7. The minimum absolute atomic E-state index is 0.0661. The number of fused-ring (bicyclic) bond motifs is 1. The number of halogens is 2. The van der Waals surface area contributed by atoms with E-state index in [-0.39, 0.29) is 57.6 Å². The van der Waals surface area contributed by atoms with E-state index in [1.807, 2.05) is 30.3 Å². The summed E-state index contributed by atoms with van der Waals surface area (Å²) in [6.07, 6.45) is 1.85. The second-order valence-electron chi connectivity index (χ2n) is 11.0. The van der Waals surface area contributed by atoms with Crippen LogP contribution in [0.25, 0.3) is 22.3 Å². The predicted molar refractivity (Wildman–Crippen MR) is 164 cm³/mol. The van der Waals surface area contributed by atoms with Gasteiger partial charge in [0.05, 0.1) is 18.0 Å². The molecule has 6 aromatic rings. The van der Waals surface area contributed by atoms with Gasteiger partial charge in [-0.05, 0) is 71.5 Å². The van der Waals surface area contributed by atoms with Gasteiger partial charge < -0.3 is 9.77 Å². The van der Waals surface area contributed by atoms with E-state index in [1.165, 1.54) is 24.4 Å². The van der Waals surface area contributed by atoms with E-state index >= 15 is 0 Å². The lowest BCUT2D eigenvalue weighted by Crippen LogP contribution is -2.24. The number of nitrogens with zero attached hydrogens (tertiary/aromatic N) is 5. The van der Waals surface area contributed by atoms with Crippen molar-refractivity contribution in [3.63, 3.8) is 0 Å². The number of benzene rings is 3. The molecule has 0 aliphatic heterocycles. The van der Waals surface area contributed by atoms with Crippen LogP contribution in [0, 0.1) is 23.8 Å².